The largest absolute Gasteiger partial charge is 0.381 e. The van der Waals surface area contributed by atoms with Gasteiger partial charge in [-0.2, -0.15) is 0 Å². The lowest BCUT2D eigenvalue weighted by Crippen LogP contribution is -2.23. The number of rotatable bonds is 5. The quantitative estimate of drug-likeness (QED) is 0.919. The molecule has 2 aromatic rings. The van der Waals surface area contributed by atoms with Crippen molar-refractivity contribution in [2.75, 3.05) is 13.2 Å². The fraction of sp³-hybridized carbons (Fsp3) is 0.471. The van der Waals surface area contributed by atoms with Crippen LogP contribution >= 0.6 is 0 Å². The summed E-state index contributed by atoms with van der Waals surface area (Å²) < 4.78 is 7.74. The number of nitrogens with zero attached hydrogens (tertiary/aromatic N) is 2. The van der Waals surface area contributed by atoms with Gasteiger partial charge in [0.05, 0.1) is 24.7 Å². The average molecular weight is 285 g/mol. The molecule has 0 saturated carbocycles. The van der Waals surface area contributed by atoms with Crippen LogP contribution in [0, 0.1) is 5.92 Å². The Morgan fingerprint density at radius 2 is 2.19 bits per heavy atom. The van der Waals surface area contributed by atoms with Crippen LogP contribution in [0.2, 0.25) is 0 Å². The molecule has 2 unspecified atom stereocenters. The van der Waals surface area contributed by atoms with Crippen LogP contribution in [0.3, 0.4) is 0 Å². The number of hydrogen-bond acceptors (Lipinski definition) is 3. The first kappa shape index (κ1) is 14.3. The minimum atomic E-state index is -0.0281. The Bertz CT molecular complexity index is 560. The average Bonchev–Trinajstić information content (AvgIpc) is 3.19. The molecule has 1 aromatic heterocycles. The van der Waals surface area contributed by atoms with E-state index in [0.29, 0.717) is 12.0 Å². The Morgan fingerprint density at radius 1 is 1.38 bits per heavy atom. The number of hydrogen-bond donors (Lipinski definition) is 1. The van der Waals surface area contributed by atoms with E-state index < -0.39 is 0 Å². The second-order valence-electron chi connectivity index (χ2n) is 5.89. The van der Waals surface area contributed by atoms with E-state index in [1.165, 1.54) is 5.56 Å². The number of aromatic nitrogens is 2. The zero-order chi connectivity index (χ0) is 14.7. The first-order valence-electron chi connectivity index (χ1n) is 7.64. The zero-order valence-corrected chi connectivity index (χ0v) is 12.5. The smallest absolute Gasteiger partial charge is 0.0951 e. The van der Waals surface area contributed by atoms with E-state index in [2.05, 4.69) is 40.7 Å². The molecule has 1 aliphatic rings. The number of benzene rings is 1. The minimum absolute atomic E-state index is 0.0281. The molecule has 3 rings (SSSR count). The lowest BCUT2D eigenvalue weighted by atomic mass is 9.99. The second-order valence-corrected chi connectivity index (χ2v) is 5.89. The molecule has 21 heavy (non-hydrogen) atoms. The maximum Gasteiger partial charge on any atom is 0.0951 e. The summed E-state index contributed by atoms with van der Waals surface area (Å²) in [6, 6.07) is 10.7. The van der Waals surface area contributed by atoms with Gasteiger partial charge in [0.1, 0.15) is 0 Å². The Morgan fingerprint density at radius 3 is 2.90 bits per heavy atom. The summed E-state index contributed by atoms with van der Waals surface area (Å²) in [5, 5.41) is 0. The van der Waals surface area contributed by atoms with Gasteiger partial charge in [0, 0.05) is 24.8 Å². The van der Waals surface area contributed by atoms with E-state index in [1.807, 2.05) is 18.6 Å². The van der Waals surface area contributed by atoms with Crippen LogP contribution in [0.25, 0.3) is 0 Å². The molecule has 1 aromatic carbocycles. The molecule has 0 bridgehead atoms. The van der Waals surface area contributed by atoms with Crippen LogP contribution < -0.4 is 5.73 Å². The maximum atomic E-state index is 6.42. The SMILES string of the molecule is CC(C1CCOC1)n1cncc1[C@H](N)Cc1ccccc1. The molecule has 1 saturated heterocycles. The van der Waals surface area contributed by atoms with Crippen molar-refractivity contribution >= 4 is 0 Å². The van der Waals surface area contributed by atoms with E-state index in [9.17, 15) is 0 Å². The molecule has 112 valence electrons. The summed E-state index contributed by atoms with van der Waals surface area (Å²) in [5.74, 6) is 0.557. The molecule has 2 N–H and O–H groups in total. The minimum Gasteiger partial charge on any atom is -0.381 e. The molecular weight excluding hydrogens is 262 g/mol. The van der Waals surface area contributed by atoms with E-state index in [1.54, 1.807) is 0 Å². The standard InChI is InChI=1S/C17H23N3O/c1-13(15-7-8-21-11-15)20-12-19-10-17(20)16(18)9-14-5-3-2-4-6-14/h2-6,10,12-13,15-16H,7-9,11,18H2,1H3/t13?,15?,16-/m1/s1. The van der Waals surface area contributed by atoms with Crippen LogP contribution in [0.4, 0.5) is 0 Å². The summed E-state index contributed by atoms with van der Waals surface area (Å²) in [6.07, 6.45) is 5.76. The topological polar surface area (TPSA) is 53.1 Å². The molecule has 1 fully saturated rings. The fourth-order valence-corrected chi connectivity index (χ4v) is 3.08. The van der Waals surface area contributed by atoms with Crippen molar-refractivity contribution in [3.63, 3.8) is 0 Å². The Balaban J connectivity index is 1.75. The van der Waals surface area contributed by atoms with E-state index in [-0.39, 0.29) is 6.04 Å². The molecule has 0 aliphatic carbocycles. The molecule has 1 aliphatic heterocycles. The highest BCUT2D eigenvalue weighted by molar-refractivity contribution is 5.19. The summed E-state index contributed by atoms with van der Waals surface area (Å²) in [6.45, 7) is 3.95. The number of nitrogens with two attached hydrogens (primary N) is 1. The summed E-state index contributed by atoms with van der Waals surface area (Å²) in [7, 11) is 0. The van der Waals surface area contributed by atoms with Crippen molar-refractivity contribution in [1.29, 1.82) is 0 Å². The monoisotopic (exact) mass is 285 g/mol. The van der Waals surface area contributed by atoms with Crippen LogP contribution in [0.15, 0.2) is 42.9 Å². The highest BCUT2D eigenvalue weighted by Crippen LogP contribution is 2.29. The van der Waals surface area contributed by atoms with E-state index in [0.717, 1.165) is 31.7 Å². The summed E-state index contributed by atoms with van der Waals surface area (Å²) in [4.78, 5) is 4.32. The molecule has 4 nitrogen and oxygen atoms in total. The van der Waals surface area contributed by atoms with Gasteiger partial charge in [-0.05, 0) is 25.3 Å². The fourth-order valence-electron chi connectivity index (χ4n) is 3.08. The predicted molar refractivity (Wildman–Crippen MR) is 82.9 cm³/mol. The van der Waals surface area contributed by atoms with Crippen LogP contribution in [0.1, 0.15) is 36.7 Å². The van der Waals surface area contributed by atoms with Crippen molar-refractivity contribution in [2.24, 2.45) is 11.7 Å². The third-order valence-electron chi connectivity index (χ3n) is 4.46. The van der Waals surface area contributed by atoms with E-state index in [4.69, 9.17) is 10.5 Å². The number of imidazole rings is 1. The highest BCUT2D eigenvalue weighted by atomic mass is 16.5. The van der Waals surface area contributed by atoms with Crippen molar-refractivity contribution in [3.05, 3.63) is 54.1 Å². The van der Waals surface area contributed by atoms with Gasteiger partial charge in [-0.15, -0.1) is 0 Å². The van der Waals surface area contributed by atoms with Gasteiger partial charge >= 0.3 is 0 Å². The van der Waals surface area contributed by atoms with Gasteiger partial charge in [0.25, 0.3) is 0 Å². The second kappa shape index (κ2) is 6.41. The molecule has 0 radical (unpaired) electrons. The van der Waals surface area contributed by atoms with Crippen molar-refractivity contribution in [2.45, 2.75) is 31.8 Å². The zero-order valence-electron chi connectivity index (χ0n) is 12.5. The van der Waals surface area contributed by atoms with Crippen molar-refractivity contribution < 1.29 is 4.74 Å². The maximum absolute atomic E-state index is 6.42. The van der Waals surface area contributed by atoms with Crippen LogP contribution in [-0.2, 0) is 11.2 Å². The number of ether oxygens (including phenoxy) is 1. The normalized spacial score (nSPS) is 21.3. The Kier molecular flexibility index (Phi) is 4.36. The molecule has 0 amide bonds. The lowest BCUT2D eigenvalue weighted by Gasteiger charge is -2.24. The van der Waals surface area contributed by atoms with Gasteiger partial charge in [-0.25, -0.2) is 4.98 Å². The van der Waals surface area contributed by atoms with Crippen molar-refractivity contribution in [1.82, 2.24) is 9.55 Å². The predicted octanol–water partition coefficient (Wildman–Crippen LogP) is 2.72. The first-order chi connectivity index (χ1) is 10.3. The van der Waals surface area contributed by atoms with Gasteiger partial charge in [0.15, 0.2) is 0 Å². The summed E-state index contributed by atoms with van der Waals surface area (Å²) in [5.41, 5.74) is 8.79. The van der Waals surface area contributed by atoms with Gasteiger partial charge < -0.3 is 15.0 Å². The molecule has 3 atom stereocenters. The first-order valence-corrected chi connectivity index (χ1v) is 7.64. The molecular formula is C17H23N3O. The van der Waals surface area contributed by atoms with Gasteiger partial charge in [-0.3, -0.25) is 0 Å². The Hall–Kier alpha value is -1.65. The molecule has 0 spiro atoms. The molecule has 4 heteroatoms. The van der Waals surface area contributed by atoms with Crippen molar-refractivity contribution in [3.8, 4) is 0 Å². The van der Waals surface area contributed by atoms with Crippen LogP contribution in [-0.4, -0.2) is 22.8 Å². The molecule has 2 heterocycles. The highest BCUT2D eigenvalue weighted by Gasteiger charge is 2.26. The van der Waals surface area contributed by atoms with Crippen LogP contribution in [0.5, 0.6) is 0 Å². The van der Waals surface area contributed by atoms with Gasteiger partial charge in [-0.1, -0.05) is 30.3 Å². The summed E-state index contributed by atoms with van der Waals surface area (Å²) >= 11 is 0. The van der Waals surface area contributed by atoms with Gasteiger partial charge in [0.2, 0.25) is 0 Å². The lowest BCUT2D eigenvalue weighted by molar-refractivity contribution is 0.174. The third-order valence-corrected chi connectivity index (χ3v) is 4.46. The Labute approximate surface area is 125 Å². The third kappa shape index (κ3) is 3.17. The van der Waals surface area contributed by atoms with E-state index >= 15 is 0 Å².